The van der Waals surface area contributed by atoms with Gasteiger partial charge in [-0.2, -0.15) is 0 Å². The van der Waals surface area contributed by atoms with Crippen molar-refractivity contribution in [3.63, 3.8) is 0 Å². The molecule has 0 radical (unpaired) electrons. The van der Waals surface area contributed by atoms with Crippen molar-refractivity contribution < 1.29 is 9.53 Å². The summed E-state index contributed by atoms with van der Waals surface area (Å²) in [6.45, 7) is 2.27. The van der Waals surface area contributed by atoms with Crippen molar-refractivity contribution in [2.75, 3.05) is 26.3 Å². The van der Waals surface area contributed by atoms with Crippen LogP contribution in [0.25, 0.3) is 0 Å². The Kier molecular flexibility index (Phi) is 2.82. The molecule has 0 aromatic carbocycles. The van der Waals surface area contributed by atoms with Crippen molar-refractivity contribution >= 4 is 5.91 Å². The lowest BCUT2D eigenvalue weighted by Crippen LogP contribution is -2.41. The molecule has 0 bridgehead atoms. The Hall–Kier alpha value is -1.62. The monoisotopic (exact) mass is 208 g/mol. The molecule has 1 fully saturated rings. The van der Waals surface area contributed by atoms with Crippen LogP contribution in [0.4, 0.5) is 0 Å². The van der Waals surface area contributed by atoms with Gasteiger partial charge in [0.15, 0.2) is 5.43 Å². The number of hydrogen-bond donors (Lipinski definition) is 1. The Morgan fingerprint density at radius 1 is 1.40 bits per heavy atom. The van der Waals surface area contributed by atoms with Crippen LogP contribution in [0, 0.1) is 0 Å². The van der Waals surface area contributed by atoms with Gasteiger partial charge < -0.3 is 14.6 Å². The summed E-state index contributed by atoms with van der Waals surface area (Å²) in [6.07, 6.45) is 1.48. The van der Waals surface area contributed by atoms with Gasteiger partial charge in [0, 0.05) is 31.4 Å². The fraction of sp³-hybridized carbons (Fsp3) is 0.400. The first-order valence-electron chi connectivity index (χ1n) is 4.83. The first-order chi connectivity index (χ1) is 7.27. The maximum absolute atomic E-state index is 11.9. The van der Waals surface area contributed by atoms with E-state index < -0.39 is 0 Å². The van der Waals surface area contributed by atoms with E-state index in [0.29, 0.717) is 32.0 Å². The van der Waals surface area contributed by atoms with Gasteiger partial charge in [0.25, 0.3) is 5.91 Å². The summed E-state index contributed by atoms with van der Waals surface area (Å²) in [6, 6.07) is 2.70. The van der Waals surface area contributed by atoms with E-state index in [1.165, 1.54) is 18.3 Å². The van der Waals surface area contributed by atoms with Crippen molar-refractivity contribution in [2.45, 2.75) is 0 Å². The number of rotatable bonds is 1. The number of pyridine rings is 1. The number of morpholine rings is 1. The zero-order chi connectivity index (χ0) is 10.7. The minimum atomic E-state index is -0.162. The van der Waals surface area contributed by atoms with Crippen LogP contribution in [0.2, 0.25) is 0 Å². The summed E-state index contributed by atoms with van der Waals surface area (Å²) in [5.74, 6) is -0.143. The summed E-state index contributed by atoms with van der Waals surface area (Å²) in [5.41, 5.74) is 0.176. The molecule has 0 spiro atoms. The van der Waals surface area contributed by atoms with Crippen LogP contribution < -0.4 is 5.43 Å². The SMILES string of the molecule is O=C(c1cc(=O)cc[nH]1)N1CCOCC1. The van der Waals surface area contributed by atoms with Crippen LogP contribution in [0.5, 0.6) is 0 Å². The Morgan fingerprint density at radius 2 is 2.13 bits per heavy atom. The molecule has 1 saturated heterocycles. The average Bonchev–Trinajstić information content (AvgIpc) is 2.29. The number of ether oxygens (including phenoxy) is 1. The maximum atomic E-state index is 11.9. The number of hydrogen-bond acceptors (Lipinski definition) is 3. The number of carbonyl (C=O) groups excluding carboxylic acids is 1. The van der Waals surface area contributed by atoms with Crippen molar-refractivity contribution in [2.24, 2.45) is 0 Å². The Bertz CT molecular complexity index is 407. The Labute approximate surface area is 86.7 Å². The van der Waals surface area contributed by atoms with Crippen LogP contribution >= 0.6 is 0 Å². The molecule has 5 nitrogen and oxygen atoms in total. The highest BCUT2D eigenvalue weighted by atomic mass is 16.5. The molecule has 2 heterocycles. The number of nitrogens with zero attached hydrogens (tertiary/aromatic N) is 1. The maximum Gasteiger partial charge on any atom is 0.270 e. The van der Waals surface area contributed by atoms with Gasteiger partial charge in [-0.3, -0.25) is 9.59 Å². The molecule has 0 atom stereocenters. The summed E-state index contributed by atoms with van der Waals surface area (Å²) < 4.78 is 5.14. The molecule has 1 aromatic heterocycles. The Morgan fingerprint density at radius 3 is 2.80 bits per heavy atom. The van der Waals surface area contributed by atoms with E-state index in [2.05, 4.69) is 4.98 Å². The van der Waals surface area contributed by atoms with Crippen LogP contribution in [0.3, 0.4) is 0 Å². The second kappa shape index (κ2) is 4.27. The second-order valence-corrected chi connectivity index (χ2v) is 3.34. The van der Waals surface area contributed by atoms with Gasteiger partial charge in [-0.25, -0.2) is 0 Å². The van der Waals surface area contributed by atoms with E-state index in [-0.39, 0.29) is 11.3 Å². The van der Waals surface area contributed by atoms with Crippen molar-refractivity contribution in [1.29, 1.82) is 0 Å². The molecule has 1 N–H and O–H groups in total. The topological polar surface area (TPSA) is 62.4 Å². The molecule has 1 amide bonds. The predicted octanol–water partition coefficient (Wildman–Crippen LogP) is -0.153. The zero-order valence-corrected chi connectivity index (χ0v) is 8.23. The van der Waals surface area contributed by atoms with Gasteiger partial charge in [0.05, 0.1) is 13.2 Å². The van der Waals surface area contributed by atoms with Gasteiger partial charge in [-0.05, 0) is 0 Å². The van der Waals surface area contributed by atoms with E-state index >= 15 is 0 Å². The molecule has 5 heteroatoms. The Balaban J connectivity index is 2.16. The lowest BCUT2D eigenvalue weighted by molar-refractivity contribution is 0.0299. The third-order valence-electron chi connectivity index (χ3n) is 2.30. The highest BCUT2D eigenvalue weighted by Crippen LogP contribution is 2.02. The number of nitrogens with one attached hydrogen (secondary N) is 1. The predicted molar refractivity (Wildman–Crippen MR) is 53.8 cm³/mol. The molecular formula is C10H12N2O3. The van der Waals surface area contributed by atoms with Gasteiger partial charge in [0.1, 0.15) is 5.69 Å². The minimum Gasteiger partial charge on any atom is -0.378 e. The van der Waals surface area contributed by atoms with Crippen molar-refractivity contribution in [1.82, 2.24) is 9.88 Å². The molecule has 0 unspecified atom stereocenters. The van der Waals surface area contributed by atoms with E-state index in [9.17, 15) is 9.59 Å². The molecular weight excluding hydrogens is 196 g/mol. The average molecular weight is 208 g/mol. The quantitative estimate of drug-likeness (QED) is 0.698. The summed E-state index contributed by atoms with van der Waals surface area (Å²) >= 11 is 0. The third kappa shape index (κ3) is 2.24. The van der Waals surface area contributed by atoms with Crippen LogP contribution in [-0.4, -0.2) is 42.1 Å². The van der Waals surface area contributed by atoms with Crippen LogP contribution in [0.15, 0.2) is 23.1 Å². The van der Waals surface area contributed by atoms with Gasteiger partial charge in [-0.1, -0.05) is 0 Å². The van der Waals surface area contributed by atoms with Gasteiger partial charge >= 0.3 is 0 Å². The number of aromatic amines is 1. The first kappa shape index (κ1) is 9.92. The summed E-state index contributed by atoms with van der Waals surface area (Å²) in [5, 5.41) is 0. The molecule has 1 aromatic rings. The molecule has 1 aliphatic heterocycles. The highest BCUT2D eigenvalue weighted by molar-refractivity contribution is 5.92. The van der Waals surface area contributed by atoms with Crippen molar-refractivity contribution in [3.8, 4) is 0 Å². The number of carbonyl (C=O) groups is 1. The summed E-state index contributed by atoms with van der Waals surface area (Å²) in [7, 11) is 0. The smallest absolute Gasteiger partial charge is 0.270 e. The third-order valence-corrected chi connectivity index (χ3v) is 2.30. The largest absolute Gasteiger partial charge is 0.378 e. The van der Waals surface area contributed by atoms with E-state index in [1.807, 2.05) is 0 Å². The number of amides is 1. The van der Waals surface area contributed by atoms with Gasteiger partial charge in [-0.15, -0.1) is 0 Å². The fourth-order valence-corrected chi connectivity index (χ4v) is 1.51. The van der Waals surface area contributed by atoms with Crippen LogP contribution in [0.1, 0.15) is 10.5 Å². The van der Waals surface area contributed by atoms with E-state index in [1.54, 1.807) is 4.90 Å². The molecule has 80 valence electrons. The van der Waals surface area contributed by atoms with Crippen LogP contribution in [-0.2, 0) is 4.74 Å². The molecule has 15 heavy (non-hydrogen) atoms. The second-order valence-electron chi connectivity index (χ2n) is 3.34. The highest BCUT2D eigenvalue weighted by Gasteiger charge is 2.18. The number of aromatic nitrogens is 1. The van der Waals surface area contributed by atoms with E-state index in [0.717, 1.165) is 0 Å². The standard InChI is InChI=1S/C10H12N2O3/c13-8-1-2-11-9(7-8)10(14)12-3-5-15-6-4-12/h1-2,7H,3-6H2,(H,11,13). The normalized spacial score (nSPS) is 16.4. The molecule has 1 aliphatic rings. The first-order valence-corrected chi connectivity index (χ1v) is 4.83. The zero-order valence-electron chi connectivity index (χ0n) is 8.23. The molecule has 0 aliphatic carbocycles. The lowest BCUT2D eigenvalue weighted by atomic mass is 10.3. The van der Waals surface area contributed by atoms with Gasteiger partial charge in [0.2, 0.25) is 0 Å². The van der Waals surface area contributed by atoms with E-state index in [4.69, 9.17) is 4.74 Å². The molecule has 0 saturated carbocycles. The minimum absolute atomic E-state index is 0.143. The summed E-state index contributed by atoms with van der Waals surface area (Å²) in [4.78, 5) is 27.4. The molecule has 2 rings (SSSR count). The number of H-pyrrole nitrogens is 1. The fourth-order valence-electron chi connectivity index (χ4n) is 1.51. The lowest BCUT2D eigenvalue weighted by Gasteiger charge is -2.26. The van der Waals surface area contributed by atoms with Crippen molar-refractivity contribution in [3.05, 3.63) is 34.2 Å².